The zero-order valence-corrected chi connectivity index (χ0v) is 48.6. The van der Waals surface area contributed by atoms with Crippen molar-refractivity contribution < 1.29 is 56.3 Å². The SMILES string of the molecule is COCCn1c(Cc2cc(F)c(-c3cccc(OCc4cnc(-c5cnn(C)c5)cn4)n3)cc2F)nc2ccc(C(=O)O)cc21.COCCn1c(Cc2cc(F)c(-c3cccc(OCc4cnc(-c5cnn(C)c5)cn4)n3)cc2F)nc2ccc(C(=O)O)cc21. The maximum Gasteiger partial charge on any atom is 0.335 e. The van der Waals surface area contributed by atoms with E-state index in [2.05, 4.69) is 50.1 Å². The predicted octanol–water partition coefficient (Wildman–Crippen LogP) is 10.2. The van der Waals surface area contributed by atoms with E-state index < -0.39 is 35.2 Å². The van der Waals surface area contributed by atoms with Gasteiger partial charge in [0.2, 0.25) is 11.8 Å². The van der Waals surface area contributed by atoms with E-state index in [4.69, 9.17) is 18.9 Å². The van der Waals surface area contributed by atoms with Crippen LogP contribution in [0.3, 0.4) is 0 Å². The standard InChI is InChI=1S/2C32H27F2N7O4/c2*1-40-17-21(14-37-40)28-16-35-22(15-36-28)18-45-31-5-3-4-26(39-31)23-13-24(33)20(10-25(23)34)12-30-38-27-7-6-19(32(42)43)11-29(27)41(30)8-9-44-2/h2*3-7,10-11,13-17H,8-9,12,18H2,1-2H3,(H,42,43). The summed E-state index contributed by atoms with van der Waals surface area (Å²) < 4.78 is 90.6. The molecule has 26 heteroatoms. The zero-order valence-electron chi connectivity index (χ0n) is 48.6. The Morgan fingerprint density at radius 2 is 0.922 bits per heavy atom. The Balaban J connectivity index is 0.000000185. The second-order valence-corrected chi connectivity index (χ2v) is 20.5. The van der Waals surface area contributed by atoms with Crippen LogP contribution in [-0.4, -0.2) is 118 Å². The molecule has 0 bridgehead atoms. The Labute approximate surface area is 509 Å². The number of pyridine rings is 2. The van der Waals surface area contributed by atoms with Crippen LogP contribution in [0.4, 0.5) is 17.6 Å². The van der Waals surface area contributed by atoms with Crippen molar-refractivity contribution in [2.45, 2.75) is 39.1 Å². The Bertz CT molecular complexity index is 4300. The van der Waals surface area contributed by atoms with Gasteiger partial charge in [-0.2, -0.15) is 10.2 Å². The highest BCUT2D eigenvalue weighted by Gasteiger charge is 2.22. The molecule has 0 amide bonds. The van der Waals surface area contributed by atoms with Gasteiger partial charge in [0.25, 0.3) is 0 Å². The van der Waals surface area contributed by atoms with Gasteiger partial charge in [-0.05, 0) is 83.9 Å². The van der Waals surface area contributed by atoms with Gasteiger partial charge in [0.15, 0.2) is 0 Å². The van der Waals surface area contributed by atoms with E-state index in [1.807, 2.05) is 26.5 Å². The number of halogens is 4. The van der Waals surface area contributed by atoms with Crippen LogP contribution in [0, 0.1) is 23.3 Å². The number of carboxylic acid groups (broad SMARTS) is 2. The van der Waals surface area contributed by atoms with Gasteiger partial charge in [-0.25, -0.2) is 47.1 Å². The minimum absolute atomic E-state index is 0.0266. The first-order chi connectivity index (χ1) is 43.6. The first-order valence-electron chi connectivity index (χ1n) is 27.8. The molecule has 0 atom stereocenters. The van der Waals surface area contributed by atoms with Crippen LogP contribution >= 0.6 is 0 Å². The Hall–Kier alpha value is -11.1. The zero-order chi connectivity index (χ0) is 63.0. The van der Waals surface area contributed by atoms with Crippen LogP contribution in [0.1, 0.15) is 54.9 Å². The van der Waals surface area contributed by atoms with Crippen molar-refractivity contribution in [1.82, 2.24) is 68.6 Å². The summed E-state index contributed by atoms with van der Waals surface area (Å²) in [5.41, 5.74) is 7.07. The fourth-order valence-corrected chi connectivity index (χ4v) is 9.78. The van der Waals surface area contributed by atoms with E-state index in [9.17, 15) is 19.8 Å². The molecule has 22 nitrogen and oxygen atoms in total. The Kier molecular flexibility index (Phi) is 18.1. The number of ether oxygens (including phenoxy) is 4. The number of aromatic carboxylic acids is 2. The number of imidazole rings is 2. The minimum atomic E-state index is -1.08. The number of aromatic nitrogens is 14. The molecule has 12 rings (SSSR count). The third-order valence-electron chi connectivity index (χ3n) is 14.3. The molecule has 0 aliphatic carbocycles. The molecule has 2 N–H and O–H groups in total. The number of hydrogen-bond acceptors (Lipinski definition) is 16. The molecule has 8 aromatic heterocycles. The van der Waals surface area contributed by atoms with Gasteiger partial charge in [0, 0.05) is 101 Å². The Morgan fingerprint density at radius 3 is 1.29 bits per heavy atom. The highest BCUT2D eigenvalue weighted by atomic mass is 19.1. The number of benzene rings is 4. The average molecular weight is 1220 g/mol. The molecule has 90 heavy (non-hydrogen) atoms. The van der Waals surface area contributed by atoms with Crippen LogP contribution in [0.25, 0.3) is 67.1 Å². The number of carboxylic acids is 2. The first kappa shape index (κ1) is 60.6. The van der Waals surface area contributed by atoms with Gasteiger partial charge in [0.05, 0.1) is 118 Å². The van der Waals surface area contributed by atoms with E-state index in [-0.39, 0.29) is 82.6 Å². The molecule has 0 aliphatic rings. The van der Waals surface area contributed by atoms with Crippen molar-refractivity contribution >= 4 is 34.0 Å². The Morgan fingerprint density at radius 1 is 0.489 bits per heavy atom. The van der Waals surface area contributed by atoms with Gasteiger partial charge in [-0.3, -0.25) is 29.3 Å². The van der Waals surface area contributed by atoms with Crippen molar-refractivity contribution in [3.05, 3.63) is 215 Å². The van der Waals surface area contributed by atoms with Crippen LogP contribution in [0.2, 0.25) is 0 Å². The lowest BCUT2D eigenvalue weighted by Crippen LogP contribution is -2.10. The second kappa shape index (κ2) is 26.9. The summed E-state index contributed by atoms with van der Waals surface area (Å²) >= 11 is 0. The van der Waals surface area contributed by atoms with E-state index in [1.165, 1.54) is 24.3 Å². The smallest absolute Gasteiger partial charge is 0.335 e. The van der Waals surface area contributed by atoms with Crippen molar-refractivity contribution in [1.29, 1.82) is 0 Å². The third kappa shape index (κ3) is 13.8. The number of methoxy groups -OCH3 is 2. The first-order valence-corrected chi connectivity index (χ1v) is 27.8. The predicted molar refractivity (Wildman–Crippen MR) is 319 cm³/mol. The molecule has 0 aliphatic heterocycles. The molecule has 4 aromatic carbocycles. The van der Waals surface area contributed by atoms with Gasteiger partial charge >= 0.3 is 11.9 Å². The van der Waals surface area contributed by atoms with Crippen molar-refractivity contribution in [3.63, 3.8) is 0 Å². The lowest BCUT2D eigenvalue weighted by Gasteiger charge is -2.12. The van der Waals surface area contributed by atoms with Gasteiger partial charge < -0.3 is 38.3 Å². The monoisotopic (exact) mass is 1220 g/mol. The fraction of sp³-hybridized carbons (Fsp3) is 0.188. The molecular formula is C64H54F4N14O8. The van der Waals surface area contributed by atoms with Crippen LogP contribution in [-0.2, 0) is 62.7 Å². The lowest BCUT2D eigenvalue weighted by molar-refractivity contribution is 0.0686. The van der Waals surface area contributed by atoms with E-state index in [0.717, 1.165) is 35.4 Å². The number of carbonyl (C=O) groups is 2. The number of rotatable bonds is 22. The second-order valence-electron chi connectivity index (χ2n) is 20.5. The fourth-order valence-electron chi connectivity index (χ4n) is 9.78. The van der Waals surface area contributed by atoms with Crippen molar-refractivity contribution in [3.8, 4) is 56.8 Å². The highest BCUT2D eigenvalue weighted by Crippen LogP contribution is 2.31. The number of hydrogen-bond donors (Lipinski definition) is 2. The summed E-state index contributed by atoms with van der Waals surface area (Å²) in [6, 6.07) is 23.2. The van der Waals surface area contributed by atoms with Crippen LogP contribution in [0.15, 0.2) is 147 Å². The molecule has 8 heterocycles. The lowest BCUT2D eigenvalue weighted by atomic mass is 10.0. The molecule has 0 fully saturated rings. The maximum atomic E-state index is 15.5. The molecule has 0 spiro atoms. The molecule has 456 valence electrons. The molecule has 0 radical (unpaired) electrons. The maximum absolute atomic E-state index is 15.5. The number of fused-ring (bicyclic) bond motifs is 2. The summed E-state index contributed by atoms with van der Waals surface area (Å²) in [6.45, 7) is 1.49. The topological polar surface area (TPSA) is 260 Å². The van der Waals surface area contributed by atoms with Gasteiger partial charge in [-0.1, -0.05) is 12.1 Å². The normalized spacial score (nSPS) is 11.3. The number of aryl methyl sites for hydroxylation is 2. The van der Waals surface area contributed by atoms with E-state index in [0.29, 0.717) is 82.8 Å². The molecule has 0 unspecified atom stereocenters. The quantitative estimate of drug-likeness (QED) is 0.0598. The highest BCUT2D eigenvalue weighted by molar-refractivity contribution is 5.93. The van der Waals surface area contributed by atoms with Crippen molar-refractivity contribution in [2.75, 3.05) is 27.4 Å². The molecule has 0 saturated heterocycles. The summed E-state index contributed by atoms with van der Waals surface area (Å²) in [4.78, 5) is 58.5. The number of nitrogens with zero attached hydrogens (tertiary/aromatic N) is 14. The van der Waals surface area contributed by atoms with Gasteiger partial charge in [-0.15, -0.1) is 0 Å². The summed E-state index contributed by atoms with van der Waals surface area (Å²) in [5, 5.41) is 27.1. The molecule has 12 aromatic rings. The van der Waals surface area contributed by atoms with Crippen LogP contribution < -0.4 is 9.47 Å². The molecular weight excluding hydrogens is 1170 g/mol. The van der Waals surface area contributed by atoms with Crippen molar-refractivity contribution in [2.24, 2.45) is 14.1 Å². The van der Waals surface area contributed by atoms with E-state index >= 15 is 17.6 Å². The largest absolute Gasteiger partial charge is 0.478 e. The average Bonchev–Trinajstić information content (AvgIpc) is 1.67. The minimum Gasteiger partial charge on any atom is -0.478 e. The van der Waals surface area contributed by atoms with Crippen LogP contribution in [0.5, 0.6) is 11.8 Å². The summed E-state index contributed by atoms with van der Waals surface area (Å²) in [7, 11) is 6.72. The summed E-state index contributed by atoms with van der Waals surface area (Å²) in [6.07, 6.45) is 13.4. The summed E-state index contributed by atoms with van der Waals surface area (Å²) in [5.74, 6) is -3.45. The van der Waals surface area contributed by atoms with E-state index in [1.54, 1.807) is 118 Å². The van der Waals surface area contributed by atoms with Gasteiger partial charge in [0.1, 0.15) is 48.1 Å². The molecule has 0 saturated carbocycles. The third-order valence-corrected chi connectivity index (χ3v) is 14.3.